The van der Waals surface area contributed by atoms with Crippen LogP contribution in [0, 0.1) is 0 Å². The molecule has 0 spiro atoms. The Balaban J connectivity index is 0.892. The minimum atomic E-state index is 0.276. The second-order valence-electron chi connectivity index (χ2n) is 11.6. The van der Waals surface area contributed by atoms with Crippen molar-refractivity contribution in [1.82, 2.24) is 10.6 Å². The highest BCUT2D eigenvalue weighted by Crippen LogP contribution is 2.28. The highest BCUT2D eigenvalue weighted by molar-refractivity contribution is 6.02. The van der Waals surface area contributed by atoms with Gasteiger partial charge in [0.05, 0.1) is 26.4 Å². The number of hydrogen-bond donors (Lipinski definition) is 3. The Hall–Kier alpha value is -3.98. The van der Waals surface area contributed by atoms with Crippen molar-refractivity contribution in [2.24, 2.45) is 0 Å². The van der Waals surface area contributed by atoms with E-state index in [1.165, 1.54) is 38.2 Å². The van der Waals surface area contributed by atoms with Crippen LogP contribution in [-0.4, -0.2) is 57.9 Å². The largest absolute Gasteiger partial charge is 0.491 e. The molecule has 248 valence electrons. The van der Waals surface area contributed by atoms with Crippen molar-refractivity contribution >= 4 is 21.5 Å². The number of fused-ring (bicyclic) bond motifs is 2. The zero-order valence-corrected chi connectivity index (χ0v) is 27.3. The Labute approximate surface area is 278 Å². The van der Waals surface area contributed by atoms with E-state index < -0.39 is 0 Å². The summed E-state index contributed by atoms with van der Waals surface area (Å²) in [4.78, 5) is 0. The molecule has 0 atom stereocenters. The number of ether oxygens (including phenoxy) is 4. The van der Waals surface area contributed by atoms with Gasteiger partial charge in [0.25, 0.3) is 0 Å². The monoisotopic (exact) mass is 636 g/mol. The van der Waals surface area contributed by atoms with Gasteiger partial charge >= 0.3 is 0 Å². The quantitative estimate of drug-likeness (QED) is 0.0556. The lowest BCUT2D eigenvalue weighted by Gasteiger charge is -2.13. The maximum atomic E-state index is 8.83. The normalized spacial score (nSPS) is 11.3. The topological polar surface area (TPSA) is 81.2 Å². The Bertz CT molecular complexity index is 1550. The lowest BCUT2D eigenvalue weighted by molar-refractivity contribution is 0.0273. The summed E-state index contributed by atoms with van der Waals surface area (Å²) in [5.41, 5.74) is 3.78. The summed E-state index contributed by atoms with van der Waals surface area (Å²) in [7, 11) is 0. The zero-order chi connectivity index (χ0) is 32.4. The first-order valence-corrected chi connectivity index (χ1v) is 16.8. The van der Waals surface area contributed by atoms with Gasteiger partial charge < -0.3 is 34.7 Å². The number of benzene rings is 5. The van der Waals surface area contributed by atoms with E-state index in [1.54, 1.807) is 0 Å². The minimum absolute atomic E-state index is 0.276. The Morgan fingerprint density at radius 1 is 0.489 bits per heavy atom. The summed E-state index contributed by atoms with van der Waals surface area (Å²) >= 11 is 0. The van der Waals surface area contributed by atoms with Crippen LogP contribution < -0.4 is 20.1 Å². The number of aliphatic hydroxyl groups excluding tert-OH is 1. The molecule has 5 aromatic rings. The van der Waals surface area contributed by atoms with Crippen molar-refractivity contribution < 1.29 is 24.1 Å². The molecule has 0 aliphatic heterocycles. The Morgan fingerprint density at radius 2 is 1.00 bits per heavy atom. The third kappa shape index (κ3) is 11.3. The summed E-state index contributed by atoms with van der Waals surface area (Å²) in [5, 5.41) is 21.0. The average molecular weight is 637 g/mol. The van der Waals surface area contributed by atoms with Crippen LogP contribution >= 0.6 is 0 Å². The van der Waals surface area contributed by atoms with Gasteiger partial charge in [0, 0.05) is 26.2 Å². The van der Waals surface area contributed by atoms with Crippen molar-refractivity contribution in [3.63, 3.8) is 0 Å². The summed E-state index contributed by atoms with van der Waals surface area (Å²) in [6.07, 6.45) is 3.02. The molecule has 0 unspecified atom stereocenters. The fourth-order valence-corrected chi connectivity index (χ4v) is 5.57. The predicted octanol–water partition coefficient (Wildman–Crippen LogP) is 7.03. The van der Waals surface area contributed by atoms with Gasteiger partial charge in [0.1, 0.15) is 24.7 Å². The number of hydrogen-bond acceptors (Lipinski definition) is 7. The molecule has 0 amide bonds. The fraction of sp³-hybridized carbons (Fsp3) is 0.350. The summed E-state index contributed by atoms with van der Waals surface area (Å²) < 4.78 is 22.9. The maximum Gasteiger partial charge on any atom is 0.119 e. The molecular formula is C40H48N2O5. The smallest absolute Gasteiger partial charge is 0.119 e. The van der Waals surface area contributed by atoms with E-state index in [0.29, 0.717) is 39.6 Å². The van der Waals surface area contributed by atoms with Crippen molar-refractivity contribution in [3.8, 4) is 11.5 Å². The van der Waals surface area contributed by atoms with Gasteiger partial charge in [-0.3, -0.25) is 0 Å². The molecule has 5 rings (SSSR count). The Kier molecular flexibility index (Phi) is 14.3. The maximum absolute atomic E-state index is 8.83. The van der Waals surface area contributed by atoms with E-state index in [4.69, 9.17) is 24.1 Å². The average Bonchev–Trinajstić information content (AvgIpc) is 3.11. The van der Waals surface area contributed by atoms with Crippen molar-refractivity contribution in [3.05, 3.63) is 120 Å². The lowest BCUT2D eigenvalue weighted by atomic mass is 9.97. The molecule has 3 N–H and O–H groups in total. The van der Waals surface area contributed by atoms with E-state index in [0.717, 1.165) is 56.9 Å². The Morgan fingerprint density at radius 3 is 1.55 bits per heavy atom. The van der Waals surface area contributed by atoms with Crippen LogP contribution in [0.3, 0.4) is 0 Å². The van der Waals surface area contributed by atoms with E-state index in [-0.39, 0.29) is 6.61 Å². The molecule has 0 radical (unpaired) electrons. The SMILES string of the molecule is OCCCCCNCc1ccc(OCCOCCOCCOc2ccc(CNCc3c4ccccc4cc4ccccc34)cc2)cc1. The minimum Gasteiger partial charge on any atom is -0.491 e. The molecule has 5 aromatic carbocycles. The molecule has 0 saturated heterocycles. The number of unbranched alkanes of at least 4 members (excludes halogenated alkanes) is 2. The fourth-order valence-electron chi connectivity index (χ4n) is 5.57. The molecule has 0 saturated carbocycles. The van der Waals surface area contributed by atoms with E-state index in [1.807, 2.05) is 24.3 Å². The lowest BCUT2D eigenvalue weighted by Crippen LogP contribution is -2.15. The van der Waals surface area contributed by atoms with Gasteiger partial charge in [0.15, 0.2) is 0 Å². The first-order chi connectivity index (χ1) is 23.3. The molecule has 0 fully saturated rings. The molecular weight excluding hydrogens is 588 g/mol. The molecule has 0 heterocycles. The van der Waals surface area contributed by atoms with Crippen LogP contribution in [0.25, 0.3) is 21.5 Å². The third-order valence-corrected chi connectivity index (χ3v) is 8.07. The standard InChI is InChI=1S/C40H48N2O5/c43-21-7-1-6-20-41-29-32-12-16-36(17-13-32)46-26-24-44-22-23-45-25-27-47-37-18-14-33(15-19-37)30-42-31-40-38-10-4-2-8-34(38)28-35-9-3-5-11-39(35)40/h2-5,8-19,28,41-43H,1,6-7,20-27,29-31H2. The van der Waals surface area contributed by atoms with E-state index >= 15 is 0 Å². The molecule has 47 heavy (non-hydrogen) atoms. The van der Waals surface area contributed by atoms with E-state index in [2.05, 4.69) is 89.5 Å². The molecule has 0 aliphatic carbocycles. The second kappa shape index (κ2) is 19.6. The van der Waals surface area contributed by atoms with Gasteiger partial charge in [-0.15, -0.1) is 0 Å². The molecule has 0 aromatic heterocycles. The van der Waals surface area contributed by atoms with Crippen LogP contribution in [-0.2, 0) is 29.1 Å². The van der Waals surface area contributed by atoms with Gasteiger partial charge in [-0.25, -0.2) is 0 Å². The molecule has 7 heteroatoms. The predicted molar refractivity (Wildman–Crippen MR) is 190 cm³/mol. The first kappa shape index (κ1) is 34.4. The van der Waals surface area contributed by atoms with Crippen molar-refractivity contribution in [2.45, 2.75) is 38.9 Å². The molecule has 0 bridgehead atoms. The van der Waals surface area contributed by atoms with Gasteiger partial charge in [-0.2, -0.15) is 0 Å². The summed E-state index contributed by atoms with van der Waals surface area (Å²) in [6, 6.07) is 35.9. The van der Waals surface area contributed by atoms with Crippen LogP contribution in [0.4, 0.5) is 0 Å². The summed E-state index contributed by atoms with van der Waals surface area (Å²) in [5.74, 6) is 1.68. The number of nitrogens with one attached hydrogen (secondary N) is 2. The first-order valence-electron chi connectivity index (χ1n) is 16.8. The number of aliphatic hydroxyl groups is 1. The highest BCUT2D eigenvalue weighted by Gasteiger charge is 2.07. The van der Waals surface area contributed by atoms with Gasteiger partial charge in [-0.05, 0) is 94.4 Å². The van der Waals surface area contributed by atoms with Crippen LogP contribution in [0.5, 0.6) is 11.5 Å². The van der Waals surface area contributed by atoms with Gasteiger partial charge in [0.2, 0.25) is 0 Å². The summed E-state index contributed by atoms with van der Waals surface area (Å²) in [6.45, 7) is 6.69. The second-order valence-corrected chi connectivity index (χ2v) is 11.6. The van der Waals surface area contributed by atoms with Gasteiger partial charge in [-0.1, -0.05) is 72.8 Å². The number of rotatable bonds is 22. The third-order valence-electron chi connectivity index (χ3n) is 8.07. The van der Waals surface area contributed by atoms with Crippen molar-refractivity contribution in [2.75, 3.05) is 52.8 Å². The molecule has 7 nitrogen and oxygen atoms in total. The molecule has 0 aliphatic rings. The highest BCUT2D eigenvalue weighted by atomic mass is 16.6. The van der Waals surface area contributed by atoms with Crippen molar-refractivity contribution in [1.29, 1.82) is 0 Å². The van der Waals surface area contributed by atoms with Crippen LogP contribution in [0.2, 0.25) is 0 Å². The zero-order valence-electron chi connectivity index (χ0n) is 27.3. The van der Waals surface area contributed by atoms with Crippen LogP contribution in [0.1, 0.15) is 36.0 Å². The van der Waals surface area contributed by atoms with E-state index in [9.17, 15) is 0 Å². The van der Waals surface area contributed by atoms with Crippen LogP contribution in [0.15, 0.2) is 103 Å².